The number of hydrogen-bond acceptors (Lipinski definition) is 5. The molecule has 0 radical (unpaired) electrons. The first kappa shape index (κ1) is 18.0. The lowest BCUT2D eigenvalue weighted by Gasteiger charge is -2.44. The third-order valence-corrected chi connectivity index (χ3v) is 5.34. The Morgan fingerprint density at radius 2 is 2.12 bits per heavy atom. The van der Waals surface area contributed by atoms with Crippen LogP contribution in [0.2, 0.25) is 0 Å². The Hall–Kier alpha value is -1.79. The summed E-state index contributed by atoms with van der Waals surface area (Å²) < 4.78 is 11.6. The van der Waals surface area contributed by atoms with Gasteiger partial charge in [-0.1, -0.05) is 26.0 Å². The van der Waals surface area contributed by atoms with Crippen molar-refractivity contribution >= 4 is 5.91 Å². The van der Waals surface area contributed by atoms with Crippen LogP contribution >= 0.6 is 0 Å². The summed E-state index contributed by atoms with van der Waals surface area (Å²) in [6.07, 6.45) is 0.748. The number of amides is 1. The number of rotatable bonds is 4. The molecule has 0 saturated carbocycles. The maximum atomic E-state index is 12.5. The summed E-state index contributed by atoms with van der Waals surface area (Å²) in [4.78, 5) is 14.8. The van der Waals surface area contributed by atoms with Gasteiger partial charge in [-0.2, -0.15) is 0 Å². The Morgan fingerprint density at radius 1 is 1.40 bits per heavy atom. The highest BCUT2D eigenvalue weighted by Gasteiger charge is 2.36. The van der Waals surface area contributed by atoms with Crippen LogP contribution in [0.25, 0.3) is 0 Å². The van der Waals surface area contributed by atoms with Gasteiger partial charge in [0.05, 0.1) is 12.6 Å². The van der Waals surface area contributed by atoms with E-state index < -0.39 is 0 Å². The minimum absolute atomic E-state index is 0.0220. The first-order valence-corrected chi connectivity index (χ1v) is 9.02. The summed E-state index contributed by atoms with van der Waals surface area (Å²) in [6.45, 7) is 8.86. The quantitative estimate of drug-likeness (QED) is 0.861. The Balaban J connectivity index is 1.50. The third kappa shape index (κ3) is 4.07. The molecule has 6 nitrogen and oxygen atoms in total. The van der Waals surface area contributed by atoms with Crippen molar-refractivity contribution in [3.8, 4) is 11.5 Å². The van der Waals surface area contributed by atoms with Crippen LogP contribution in [0.15, 0.2) is 24.3 Å². The summed E-state index contributed by atoms with van der Waals surface area (Å²) in [7, 11) is 0. The highest BCUT2D eigenvalue weighted by molar-refractivity contribution is 5.81. The van der Waals surface area contributed by atoms with E-state index in [-0.39, 0.29) is 29.5 Å². The predicted octanol–water partition coefficient (Wildman–Crippen LogP) is 1.39. The Morgan fingerprint density at radius 3 is 2.84 bits per heavy atom. The number of nitrogens with zero attached hydrogens (tertiary/aromatic N) is 1. The highest BCUT2D eigenvalue weighted by atomic mass is 16.6. The average molecular weight is 347 g/mol. The number of piperidine rings is 1. The van der Waals surface area contributed by atoms with Crippen molar-refractivity contribution in [3.05, 3.63) is 24.3 Å². The van der Waals surface area contributed by atoms with E-state index in [1.165, 1.54) is 0 Å². The first-order valence-electron chi connectivity index (χ1n) is 9.02. The molecule has 1 aromatic carbocycles. The molecule has 2 heterocycles. The van der Waals surface area contributed by atoms with Gasteiger partial charge in [-0.15, -0.1) is 0 Å². The lowest BCUT2D eigenvalue weighted by atomic mass is 9.79. The molecule has 3 N–H and O–H groups in total. The van der Waals surface area contributed by atoms with Crippen molar-refractivity contribution in [2.45, 2.75) is 45.4 Å². The van der Waals surface area contributed by atoms with Gasteiger partial charge in [-0.05, 0) is 30.9 Å². The summed E-state index contributed by atoms with van der Waals surface area (Å²) in [5.41, 5.74) is 6.21. The van der Waals surface area contributed by atoms with E-state index in [9.17, 15) is 4.79 Å². The fourth-order valence-corrected chi connectivity index (χ4v) is 3.44. The van der Waals surface area contributed by atoms with Crippen LogP contribution in [0, 0.1) is 5.41 Å². The zero-order chi connectivity index (χ0) is 18.0. The molecule has 1 fully saturated rings. The van der Waals surface area contributed by atoms with Gasteiger partial charge in [0, 0.05) is 19.1 Å². The highest BCUT2D eigenvalue weighted by Crippen LogP contribution is 2.31. The molecule has 6 heteroatoms. The van der Waals surface area contributed by atoms with Gasteiger partial charge >= 0.3 is 0 Å². The maximum absolute atomic E-state index is 12.5. The molecule has 3 atom stereocenters. The summed E-state index contributed by atoms with van der Waals surface area (Å²) in [5.74, 6) is 1.51. The number of carbonyl (C=O) groups excluding carboxylic acids is 1. The molecular weight excluding hydrogens is 318 g/mol. The number of fused-ring (bicyclic) bond motifs is 1. The molecule has 1 amide bonds. The topological polar surface area (TPSA) is 76.8 Å². The van der Waals surface area contributed by atoms with Crippen molar-refractivity contribution in [1.29, 1.82) is 0 Å². The minimum Gasteiger partial charge on any atom is -0.486 e. The molecule has 1 aromatic rings. The molecule has 0 aromatic heterocycles. The third-order valence-electron chi connectivity index (χ3n) is 5.34. The molecule has 2 aliphatic rings. The van der Waals surface area contributed by atoms with Gasteiger partial charge in [-0.25, -0.2) is 0 Å². The molecular formula is C19H29N3O3. The van der Waals surface area contributed by atoms with E-state index in [2.05, 4.69) is 24.1 Å². The lowest BCUT2D eigenvalue weighted by Crippen LogP contribution is -2.57. The molecule has 2 aliphatic heterocycles. The van der Waals surface area contributed by atoms with Crippen LogP contribution in [0.5, 0.6) is 11.5 Å². The van der Waals surface area contributed by atoms with E-state index in [4.69, 9.17) is 15.2 Å². The average Bonchev–Trinajstić information content (AvgIpc) is 2.61. The van der Waals surface area contributed by atoms with E-state index in [0.717, 1.165) is 31.0 Å². The number of benzene rings is 1. The zero-order valence-corrected chi connectivity index (χ0v) is 15.3. The second-order valence-corrected chi connectivity index (χ2v) is 7.77. The Bertz CT molecular complexity index is 620. The van der Waals surface area contributed by atoms with Gasteiger partial charge in [-0.3, -0.25) is 9.69 Å². The van der Waals surface area contributed by atoms with Gasteiger partial charge in [0.25, 0.3) is 0 Å². The molecule has 3 unspecified atom stereocenters. The SMILES string of the molecule is CC(C(=O)NCC1COc2ccccc2O1)N1CCC(N)C(C)(C)C1. The van der Waals surface area contributed by atoms with E-state index in [1.54, 1.807) is 0 Å². The van der Waals surface area contributed by atoms with Crippen molar-refractivity contribution in [1.82, 2.24) is 10.2 Å². The fourth-order valence-electron chi connectivity index (χ4n) is 3.44. The maximum Gasteiger partial charge on any atom is 0.237 e. The zero-order valence-electron chi connectivity index (χ0n) is 15.3. The van der Waals surface area contributed by atoms with Crippen LogP contribution in [-0.2, 0) is 4.79 Å². The van der Waals surface area contributed by atoms with Gasteiger partial charge in [0.2, 0.25) is 5.91 Å². The summed E-state index contributed by atoms with van der Waals surface area (Å²) in [6, 6.07) is 7.60. The lowest BCUT2D eigenvalue weighted by molar-refractivity contribution is -0.127. The van der Waals surface area contributed by atoms with Gasteiger partial charge in [0.15, 0.2) is 11.5 Å². The molecule has 0 bridgehead atoms. The Labute approximate surface area is 149 Å². The predicted molar refractivity (Wildman–Crippen MR) is 96.8 cm³/mol. The standard InChI is InChI=1S/C19H29N3O3/c1-13(22-9-8-17(20)19(2,3)12-22)18(23)21-10-14-11-24-15-6-4-5-7-16(15)25-14/h4-7,13-14,17H,8-12,20H2,1-3H3,(H,21,23). The van der Waals surface area contributed by atoms with Crippen LogP contribution in [0.1, 0.15) is 27.2 Å². The fraction of sp³-hybridized carbons (Fsp3) is 0.632. The van der Waals surface area contributed by atoms with Crippen LogP contribution < -0.4 is 20.5 Å². The number of nitrogens with one attached hydrogen (secondary N) is 1. The van der Waals surface area contributed by atoms with Gasteiger partial charge in [0.1, 0.15) is 12.7 Å². The summed E-state index contributed by atoms with van der Waals surface area (Å²) in [5, 5.41) is 3.00. The van der Waals surface area contributed by atoms with E-state index in [1.807, 2.05) is 31.2 Å². The van der Waals surface area contributed by atoms with Crippen molar-refractivity contribution in [2.75, 3.05) is 26.2 Å². The number of carbonyl (C=O) groups is 1. The second kappa shape index (κ2) is 7.22. The van der Waals surface area contributed by atoms with Crippen LogP contribution in [0.4, 0.5) is 0 Å². The van der Waals surface area contributed by atoms with E-state index >= 15 is 0 Å². The molecule has 0 aliphatic carbocycles. The normalized spacial score (nSPS) is 26.7. The van der Waals surface area contributed by atoms with Crippen LogP contribution in [0.3, 0.4) is 0 Å². The smallest absolute Gasteiger partial charge is 0.237 e. The van der Waals surface area contributed by atoms with E-state index in [0.29, 0.717) is 13.2 Å². The van der Waals surface area contributed by atoms with Crippen molar-refractivity contribution in [3.63, 3.8) is 0 Å². The van der Waals surface area contributed by atoms with Crippen molar-refractivity contribution in [2.24, 2.45) is 11.1 Å². The molecule has 3 rings (SSSR count). The van der Waals surface area contributed by atoms with Crippen LogP contribution in [-0.4, -0.2) is 55.2 Å². The number of para-hydroxylation sites is 2. The molecule has 138 valence electrons. The first-order chi connectivity index (χ1) is 11.9. The number of likely N-dealkylation sites (tertiary alicyclic amines) is 1. The number of hydrogen-bond donors (Lipinski definition) is 2. The number of nitrogens with two attached hydrogens (primary N) is 1. The number of ether oxygens (including phenoxy) is 2. The molecule has 0 spiro atoms. The largest absolute Gasteiger partial charge is 0.486 e. The van der Waals surface area contributed by atoms with Crippen molar-refractivity contribution < 1.29 is 14.3 Å². The molecule has 25 heavy (non-hydrogen) atoms. The Kier molecular flexibility index (Phi) is 5.20. The minimum atomic E-state index is -0.177. The monoisotopic (exact) mass is 347 g/mol. The van der Waals surface area contributed by atoms with Gasteiger partial charge < -0.3 is 20.5 Å². The summed E-state index contributed by atoms with van der Waals surface area (Å²) >= 11 is 0. The second-order valence-electron chi connectivity index (χ2n) is 7.77. The molecule has 1 saturated heterocycles.